The van der Waals surface area contributed by atoms with Crippen LogP contribution in [0.1, 0.15) is 18.5 Å². The second-order valence-corrected chi connectivity index (χ2v) is 10.5. The third-order valence-corrected chi connectivity index (χ3v) is 7.42. The maximum Gasteiger partial charge on any atom is 0.238 e. The highest BCUT2D eigenvalue weighted by molar-refractivity contribution is 7.81. The van der Waals surface area contributed by atoms with Crippen LogP contribution in [0, 0.1) is 0 Å². The molecule has 5 rings (SSSR count). The first-order chi connectivity index (χ1) is 21.3. The Balaban J connectivity index is 1.45. The van der Waals surface area contributed by atoms with Crippen molar-refractivity contribution < 1.29 is 23.0 Å². The number of nitrogens with zero attached hydrogens (tertiary/aromatic N) is 3. The summed E-state index contributed by atoms with van der Waals surface area (Å²) in [6, 6.07) is 28.6. The largest absolute Gasteiger partial charge is 0.755 e. The molecule has 5 aromatic rings. The van der Waals surface area contributed by atoms with Crippen LogP contribution in [0.25, 0.3) is 11.0 Å². The molecule has 1 heterocycles. The molecule has 226 valence electrons. The minimum Gasteiger partial charge on any atom is -0.755 e. The molecule has 0 bridgehead atoms. The molecular weight excluding hydrogens is 580 g/mol. The highest BCUT2D eigenvalue weighted by Crippen LogP contribution is 2.36. The zero-order chi connectivity index (χ0) is 31.1. The highest BCUT2D eigenvalue weighted by Gasteiger charge is 2.21. The molecule has 0 fully saturated rings. The number of fused-ring (bicyclic) bond motifs is 1. The Bertz CT molecular complexity index is 1770. The summed E-state index contributed by atoms with van der Waals surface area (Å²) in [4.78, 5) is 22.1. The Hall–Kier alpha value is -5.04. The van der Waals surface area contributed by atoms with Gasteiger partial charge in [-0.3, -0.25) is 13.3 Å². The van der Waals surface area contributed by atoms with Crippen LogP contribution < -0.4 is 29.7 Å². The summed E-state index contributed by atoms with van der Waals surface area (Å²) in [6.07, 6.45) is 0. The van der Waals surface area contributed by atoms with Gasteiger partial charge in [0, 0.05) is 35.6 Å². The van der Waals surface area contributed by atoms with E-state index in [0.29, 0.717) is 33.9 Å². The zero-order valence-electron chi connectivity index (χ0n) is 24.3. The Morgan fingerprint density at radius 1 is 0.864 bits per heavy atom. The SMILES string of the molecule is COc1cc(Nc2nc3ccccc3nc2N(c2cccc(NC(=O)CNC(C)c3ccccc3)c2)S(=O)[O-])cc(OC)c1. The van der Waals surface area contributed by atoms with Crippen LogP contribution in [0.4, 0.5) is 28.7 Å². The van der Waals surface area contributed by atoms with Crippen molar-refractivity contribution in [2.75, 3.05) is 35.7 Å². The van der Waals surface area contributed by atoms with Gasteiger partial charge in [-0.15, -0.1) is 0 Å². The number of hydrogen-bond donors (Lipinski definition) is 3. The third kappa shape index (κ3) is 7.29. The number of para-hydroxylation sites is 2. The normalized spacial score (nSPS) is 12.3. The number of methoxy groups -OCH3 is 2. The molecule has 44 heavy (non-hydrogen) atoms. The van der Waals surface area contributed by atoms with Gasteiger partial charge in [0.15, 0.2) is 11.6 Å². The average molecular weight is 612 g/mol. The molecule has 0 aliphatic carbocycles. The molecule has 0 saturated carbocycles. The number of nitrogens with one attached hydrogen (secondary N) is 3. The first kappa shape index (κ1) is 30.4. The van der Waals surface area contributed by atoms with Crippen LogP contribution in [0.3, 0.4) is 0 Å². The van der Waals surface area contributed by atoms with Crippen molar-refractivity contribution in [1.29, 1.82) is 0 Å². The minimum atomic E-state index is -2.81. The average Bonchev–Trinajstić information content (AvgIpc) is 3.04. The number of rotatable bonds is 12. The Labute approximate surface area is 257 Å². The van der Waals surface area contributed by atoms with E-state index in [1.165, 1.54) is 14.2 Å². The first-order valence-corrected chi connectivity index (χ1v) is 14.7. The van der Waals surface area contributed by atoms with E-state index in [2.05, 4.69) is 20.9 Å². The number of ether oxygens (including phenoxy) is 2. The van der Waals surface area contributed by atoms with Gasteiger partial charge in [0.05, 0.1) is 48.8 Å². The molecule has 4 aromatic carbocycles. The number of carbonyl (C=O) groups is 1. The van der Waals surface area contributed by atoms with Crippen LogP contribution in [-0.2, 0) is 16.1 Å². The van der Waals surface area contributed by atoms with E-state index in [0.717, 1.165) is 9.87 Å². The van der Waals surface area contributed by atoms with Crippen molar-refractivity contribution >= 4 is 56.9 Å². The van der Waals surface area contributed by atoms with Gasteiger partial charge in [0.1, 0.15) is 11.5 Å². The van der Waals surface area contributed by atoms with E-state index >= 15 is 0 Å². The Morgan fingerprint density at radius 3 is 2.18 bits per heavy atom. The van der Waals surface area contributed by atoms with Crippen molar-refractivity contribution in [2.24, 2.45) is 0 Å². The molecule has 3 N–H and O–H groups in total. The van der Waals surface area contributed by atoms with Gasteiger partial charge >= 0.3 is 0 Å². The molecular formula is C32H31N6O5S-. The van der Waals surface area contributed by atoms with E-state index in [9.17, 15) is 13.6 Å². The van der Waals surface area contributed by atoms with Crippen LogP contribution in [-0.4, -0.2) is 45.4 Å². The maximum atomic E-state index is 12.8. The topological polar surface area (TPSA) is 141 Å². The number of amides is 1. The molecule has 0 spiro atoms. The fourth-order valence-electron chi connectivity index (χ4n) is 4.53. The van der Waals surface area contributed by atoms with Crippen LogP contribution in [0.15, 0.2) is 97.1 Å². The molecule has 0 aliphatic heterocycles. The number of anilines is 5. The first-order valence-electron chi connectivity index (χ1n) is 13.7. The van der Waals surface area contributed by atoms with Gasteiger partial charge in [-0.1, -0.05) is 48.5 Å². The summed E-state index contributed by atoms with van der Waals surface area (Å²) in [5, 5.41) is 9.21. The van der Waals surface area contributed by atoms with E-state index in [1.54, 1.807) is 60.7 Å². The number of carbonyl (C=O) groups excluding carboxylic acids is 1. The summed E-state index contributed by atoms with van der Waals surface area (Å²) in [7, 11) is 3.07. The van der Waals surface area contributed by atoms with Crippen molar-refractivity contribution in [3.8, 4) is 11.5 Å². The second-order valence-electron chi connectivity index (χ2n) is 9.73. The predicted molar refractivity (Wildman–Crippen MR) is 171 cm³/mol. The summed E-state index contributed by atoms with van der Waals surface area (Å²) in [5.74, 6) is 0.988. The van der Waals surface area contributed by atoms with Gasteiger partial charge in [0.2, 0.25) is 5.91 Å². The number of aromatic nitrogens is 2. The quantitative estimate of drug-likeness (QED) is 0.154. The second kappa shape index (κ2) is 14.0. The molecule has 12 heteroatoms. The summed E-state index contributed by atoms with van der Waals surface area (Å²) >= 11 is -2.81. The molecule has 11 nitrogen and oxygen atoms in total. The predicted octanol–water partition coefficient (Wildman–Crippen LogP) is 5.61. The molecule has 2 unspecified atom stereocenters. The lowest BCUT2D eigenvalue weighted by atomic mass is 10.1. The lowest BCUT2D eigenvalue weighted by Gasteiger charge is -2.27. The fourth-order valence-corrected chi connectivity index (χ4v) is 5.09. The number of benzene rings is 4. The lowest BCUT2D eigenvalue weighted by molar-refractivity contribution is -0.115. The monoisotopic (exact) mass is 611 g/mol. The molecule has 2 atom stereocenters. The highest BCUT2D eigenvalue weighted by atomic mass is 32.2. The Morgan fingerprint density at radius 2 is 1.52 bits per heavy atom. The molecule has 0 aliphatic rings. The molecule has 1 amide bonds. The van der Waals surface area contributed by atoms with Crippen LogP contribution in [0.5, 0.6) is 11.5 Å². The van der Waals surface area contributed by atoms with E-state index < -0.39 is 11.3 Å². The van der Waals surface area contributed by atoms with Gasteiger partial charge in [-0.05, 0) is 42.8 Å². The molecule has 0 radical (unpaired) electrons. The minimum absolute atomic E-state index is 0.0284. The fraction of sp³-hybridized carbons (Fsp3) is 0.156. The summed E-state index contributed by atoms with van der Waals surface area (Å²) in [6.45, 7) is 2.04. The van der Waals surface area contributed by atoms with Crippen LogP contribution in [0.2, 0.25) is 0 Å². The van der Waals surface area contributed by atoms with E-state index in [1.807, 2.05) is 43.3 Å². The number of hydrogen-bond acceptors (Lipinski definition) is 9. The maximum absolute atomic E-state index is 12.8. The van der Waals surface area contributed by atoms with Crippen molar-refractivity contribution in [3.05, 3.63) is 103 Å². The molecule has 0 saturated heterocycles. The summed E-state index contributed by atoms with van der Waals surface area (Å²) in [5.41, 5.74) is 3.32. The van der Waals surface area contributed by atoms with Crippen molar-refractivity contribution in [2.45, 2.75) is 13.0 Å². The van der Waals surface area contributed by atoms with Gasteiger partial charge in [0.25, 0.3) is 0 Å². The Kier molecular flexibility index (Phi) is 9.65. The standard InChI is InChI=1S/C32H32N6O5S/c1-21(22-10-5-4-6-11-22)33-20-30(39)34-23-12-9-13-25(16-23)38(44(40)41)32-31(36-28-14-7-8-15-29(28)37-32)35-24-17-26(42-2)19-27(18-24)43-3/h4-19,21,33H,20H2,1-3H3,(H,34,39)(H,35,36)(H,40,41)/p-1. The molecule has 1 aromatic heterocycles. The zero-order valence-corrected chi connectivity index (χ0v) is 25.1. The summed E-state index contributed by atoms with van der Waals surface area (Å²) < 4.78 is 37.3. The van der Waals surface area contributed by atoms with E-state index in [-0.39, 0.29) is 35.8 Å². The van der Waals surface area contributed by atoms with Gasteiger partial charge < -0.3 is 30.0 Å². The van der Waals surface area contributed by atoms with Crippen LogP contribution >= 0.6 is 0 Å². The lowest BCUT2D eigenvalue weighted by Crippen LogP contribution is -2.30. The van der Waals surface area contributed by atoms with Crippen molar-refractivity contribution in [1.82, 2.24) is 15.3 Å². The van der Waals surface area contributed by atoms with Gasteiger partial charge in [-0.25, -0.2) is 9.97 Å². The third-order valence-electron chi connectivity index (χ3n) is 6.74. The van der Waals surface area contributed by atoms with E-state index in [4.69, 9.17) is 14.5 Å². The van der Waals surface area contributed by atoms with Gasteiger partial charge in [-0.2, -0.15) is 0 Å². The van der Waals surface area contributed by atoms with Crippen molar-refractivity contribution in [3.63, 3.8) is 0 Å². The smallest absolute Gasteiger partial charge is 0.238 e.